The summed E-state index contributed by atoms with van der Waals surface area (Å²) in [5, 5.41) is 21.6. The van der Waals surface area contributed by atoms with Crippen LogP contribution in [0, 0.1) is 0 Å². The van der Waals surface area contributed by atoms with E-state index in [1.165, 1.54) is 0 Å². The van der Waals surface area contributed by atoms with Crippen LogP contribution in [0.25, 0.3) is 0 Å². The minimum absolute atomic E-state index is 0. The summed E-state index contributed by atoms with van der Waals surface area (Å²) in [6, 6.07) is 0. The van der Waals surface area contributed by atoms with E-state index in [0.717, 1.165) is 25.7 Å². The van der Waals surface area contributed by atoms with Crippen molar-refractivity contribution >= 4 is 34.8 Å². The van der Waals surface area contributed by atoms with Crippen molar-refractivity contribution in [1.29, 1.82) is 0 Å². The second-order valence-corrected chi connectivity index (χ2v) is 4.24. The van der Waals surface area contributed by atoms with Crippen LogP contribution < -0.4 is 21.3 Å². The van der Waals surface area contributed by atoms with Crippen LogP contribution in [0.5, 0.6) is 0 Å². The van der Waals surface area contributed by atoms with Crippen LogP contribution in [0.1, 0.15) is 46.5 Å². The van der Waals surface area contributed by atoms with Crippen LogP contribution in [0.2, 0.25) is 0 Å². The molecular weight excluding hydrogens is 310 g/mol. The number of nitrogens with two attached hydrogens (primary N) is 1. The molecule has 0 heterocycles. The third kappa shape index (κ3) is 13.9. The van der Waals surface area contributed by atoms with Gasteiger partial charge in [-0.15, -0.1) is 0 Å². The summed E-state index contributed by atoms with van der Waals surface area (Å²) >= 11 is 8.28. The Kier molecular flexibility index (Phi) is 16.3. The van der Waals surface area contributed by atoms with Crippen LogP contribution in [0.15, 0.2) is 0 Å². The summed E-state index contributed by atoms with van der Waals surface area (Å²) in [5.41, 5.74) is 4.24. The third-order valence-corrected chi connectivity index (χ3v) is 2.55. The average molecular weight is 330 g/mol. The second kappa shape index (κ2) is 12.5. The number of hydrogen-bond donors (Lipinski definition) is 2. The Labute approximate surface area is 127 Å². The number of hydrogen-bond acceptors (Lipinski definition) is 4. The normalized spacial score (nSPS) is 9.35. The molecule has 0 aliphatic rings. The van der Waals surface area contributed by atoms with Crippen molar-refractivity contribution in [2.24, 2.45) is 5.73 Å². The summed E-state index contributed by atoms with van der Waals surface area (Å²) in [6.45, 7) is 6.30. The van der Waals surface area contributed by atoms with E-state index >= 15 is 0 Å². The van der Waals surface area contributed by atoms with E-state index in [9.17, 15) is 5.11 Å². The SMILES string of the molecule is CCCC(CC)(CC)NC([O-])=S.NC([O-])=S.[Zn+2]. The molecule has 0 fully saturated rings. The molecule has 7 heteroatoms. The maximum Gasteiger partial charge on any atom is 2.00 e. The number of nitrogens with one attached hydrogen (secondary N) is 1. The first-order chi connectivity index (χ1) is 7.33. The van der Waals surface area contributed by atoms with Crippen molar-refractivity contribution < 1.29 is 29.7 Å². The van der Waals surface area contributed by atoms with E-state index in [1.54, 1.807) is 0 Å². The first kappa shape index (κ1) is 22.2. The van der Waals surface area contributed by atoms with Crippen molar-refractivity contribution in [2.45, 2.75) is 52.0 Å². The fourth-order valence-electron chi connectivity index (χ4n) is 1.54. The minimum atomic E-state index is -0.750. The minimum Gasteiger partial charge on any atom is -0.852 e. The molecular formula is C10H20N2O2S2Zn. The zero-order chi connectivity index (χ0) is 13.2. The van der Waals surface area contributed by atoms with Gasteiger partial charge in [-0.3, -0.25) is 0 Å². The van der Waals surface area contributed by atoms with Crippen molar-refractivity contribution in [3.8, 4) is 0 Å². The molecule has 4 nitrogen and oxygen atoms in total. The summed E-state index contributed by atoms with van der Waals surface area (Å²) < 4.78 is 0. The molecule has 0 atom stereocenters. The molecule has 0 unspecified atom stereocenters. The molecule has 0 radical (unpaired) electrons. The smallest absolute Gasteiger partial charge is 0.852 e. The van der Waals surface area contributed by atoms with E-state index in [-0.39, 0.29) is 30.2 Å². The molecule has 0 aromatic heterocycles. The fraction of sp³-hybridized carbons (Fsp3) is 0.800. The van der Waals surface area contributed by atoms with E-state index in [0.29, 0.717) is 0 Å². The van der Waals surface area contributed by atoms with Gasteiger partial charge in [0.05, 0.1) is 0 Å². The van der Waals surface area contributed by atoms with Crippen LogP contribution in [0.3, 0.4) is 0 Å². The van der Waals surface area contributed by atoms with E-state index in [4.69, 9.17) is 5.11 Å². The first-order valence-corrected chi connectivity index (χ1v) is 6.10. The van der Waals surface area contributed by atoms with Crippen molar-refractivity contribution in [3.05, 3.63) is 0 Å². The number of thiocarbonyl (C=S) groups is 2. The van der Waals surface area contributed by atoms with Gasteiger partial charge in [-0.25, -0.2) is 0 Å². The first-order valence-electron chi connectivity index (χ1n) is 5.29. The molecule has 0 saturated carbocycles. The van der Waals surface area contributed by atoms with Gasteiger partial charge in [-0.1, -0.05) is 51.6 Å². The summed E-state index contributed by atoms with van der Waals surface area (Å²) in [7, 11) is 0. The van der Waals surface area contributed by atoms with Crippen LogP contribution >= 0.6 is 24.4 Å². The molecule has 0 amide bonds. The molecule has 0 aromatic rings. The summed E-state index contributed by atoms with van der Waals surface area (Å²) in [4.78, 5) is 0. The number of rotatable bonds is 5. The molecule has 0 bridgehead atoms. The van der Waals surface area contributed by atoms with Gasteiger partial charge in [0.1, 0.15) is 0 Å². The molecule has 0 rings (SSSR count). The Morgan fingerprint density at radius 2 is 1.53 bits per heavy atom. The molecule has 0 aromatic carbocycles. The summed E-state index contributed by atoms with van der Waals surface area (Å²) in [5.74, 6) is 0. The zero-order valence-electron chi connectivity index (χ0n) is 10.7. The van der Waals surface area contributed by atoms with Gasteiger partial charge in [0, 0.05) is 15.9 Å². The van der Waals surface area contributed by atoms with Crippen LogP contribution in [0.4, 0.5) is 0 Å². The van der Waals surface area contributed by atoms with Gasteiger partial charge in [0.2, 0.25) is 0 Å². The maximum atomic E-state index is 10.8. The van der Waals surface area contributed by atoms with Crippen molar-refractivity contribution in [1.82, 2.24) is 5.32 Å². The summed E-state index contributed by atoms with van der Waals surface area (Å²) in [6.07, 6.45) is 4.01. The molecule has 17 heavy (non-hydrogen) atoms. The van der Waals surface area contributed by atoms with Gasteiger partial charge in [0.15, 0.2) is 0 Å². The van der Waals surface area contributed by atoms with E-state index < -0.39 is 5.17 Å². The van der Waals surface area contributed by atoms with Gasteiger partial charge >= 0.3 is 19.5 Å². The van der Waals surface area contributed by atoms with Crippen molar-refractivity contribution in [2.75, 3.05) is 0 Å². The van der Waals surface area contributed by atoms with Crippen molar-refractivity contribution in [3.63, 3.8) is 0 Å². The largest absolute Gasteiger partial charge is 2.00 e. The van der Waals surface area contributed by atoms with E-state index in [1.807, 2.05) is 0 Å². The quantitative estimate of drug-likeness (QED) is 0.552. The van der Waals surface area contributed by atoms with Crippen LogP contribution in [-0.2, 0) is 19.5 Å². The Hall–Kier alpha value is 0.00338. The standard InChI is InChI=1S/C9H19NOS.CH3NOS.Zn/c1-4-7-9(5-2,6-3)10-8(11)12;2-1(3)4;/h4-7H2,1-3H3,(H2,10,11,12);(H3,2,3,4);/q;;+2/p-2. The van der Waals surface area contributed by atoms with Crippen LogP contribution in [-0.4, -0.2) is 15.9 Å². The van der Waals surface area contributed by atoms with Gasteiger partial charge in [-0.2, -0.15) is 0 Å². The fourth-order valence-corrected chi connectivity index (χ4v) is 1.75. The van der Waals surface area contributed by atoms with Gasteiger partial charge in [-0.05, 0) is 19.3 Å². The average Bonchev–Trinajstić information content (AvgIpc) is 2.15. The van der Waals surface area contributed by atoms with Gasteiger partial charge < -0.3 is 21.3 Å². The topological polar surface area (TPSA) is 84.2 Å². The molecule has 0 spiro atoms. The monoisotopic (exact) mass is 328 g/mol. The predicted octanol–water partition coefficient (Wildman–Crippen LogP) is 0.168. The molecule has 0 aliphatic heterocycles. The zero-order valence-corrected chi connectivity index (χ0v) is 15.3. The molecule has 3 N–H and O–H groups in total. The predicted molar refractivity (Wildman–Crippen MR) is 70.7 cm³/mol. The third-order valence-electron chi connectivity index (χ3n) is 2.45. The second-order valence-electron chi connectivity index (χ2n) is 3.47. The molecule has 0 aliphatic carbocycles. The maximum absolute atomic E-state index is 10.8. The Morgan fingerprint density at radius 1 is 1.18 bits per heavy atom. The Bertz CT molecular complexity index is 220. The molecule has 0 saturated heterocycles. The van der Waals surface area contributed by atoms with Gasteiger partial charge in [0.25, 0.3) is 0 Å². The Morgan fingerprint density at radius 3 is 1.71 bits per heavy atom. The van der Waals surface area contributed by atoms with E-state index in [2.05, 4.69) is 56.3 Å². The molecule has 96 valence electrons. The Balaban J connectivity index is -0.000000340.